The maximum Gasteiger partial charge on any atom is 0.343 e. The van der Waals surface area contributed by atoms with Crippen molar-refractivity contribution in [2.45, 2.75) is 25.2 Å². The fraction of sp³-hybridized carbons (Fsp3) is 0.222. The van der Waals surface area contributed by atoms with Crippen LogP contribution in [0.5, 0.6) is 5.75 Å². The Balaban J connectivity index is 1.31. The van der Waals surface area contributed by atoms with Crippen LogP contribution in [0, 0.1) is 11.8 Å². The van der Waals surface area contributed by atoms with Crippen molar-refractivity contribution in [3.05, 3.63) is 96.1 Å². The minimum atomic E-state index is -0.485. The predicted octanol–water partition coefficient (Wildman–Crippen LogP) is 4.98. The fourth-order valence-electron chi connectivity index (χ4n) is 4.86. The van der Waals surface area contributed by atoms with Gasteiger partial charge in [-0.15, -0.1) is 0 Å². The first-order valence-corrected chi connectivity index (χ1v) is 10.9. The van der Waals surface area contributed by atoms with Crippen molar-refractivity contribution in [2.24, 2.45) is 11.8 Å². The SMILES string of the molecule is O=C(Oc1ccccc1)c1ccc(N2C(=O)[C@H]3C[C@H](c4ccccc4)CC[C@H]3C2=O)cc1. The summed E-state index contributed by atoms with van der Waals surface area (Å²) in [5.74, 6) is -0.547. The maximum atomic E-state index is 13.2. The summed E-state index contributed by atoms with van der Waals surface area (Å²) >= 11 is 0. The smallest absolute Gasteiger partial charge is 0.343 e. The van der Waals surface area contributed by atoms with Gasteiger partial charge in [-0.05, 0) is 67.1 Å². The number of carbonyl (C=O) groups is 3. The summed E-state index contributed by atoms with van der Waals surface area (Å²) in [4.78, 5) is 40.0. The highest BCUT2D eigenvalue weighted by Crippen LogP contribution is 2.45. The lowest BCUT2D eigenvalue weighted by atomic mass is 9.73. The summed E-state index contributed by atoms with van der Waals surface area (Å²) in [5.41, 5.74) is 2.09. The van der Waals surface area contributed by atoms with Gasteiger partial charge in [0.05, 0.1) is 23.1 Å². The van der Waals surface area contributed by atoms with Crippen LogP contribution in [0.1, 0.15) is 41.1 Å². The van der Waals surface area contributed by atoms with Gasteiger partial charge < -0.3 is 4.74 Å². The van der Waals surface area contributed by atoms with Gasteiger partial charge in [0.1, 0.15) is 5.75 Å². The van der Waals surface area contributed by atoms with Crippen LogP contribution in [0.4, 0.5) is 5.69 Å². The normalized spacial score (nSPS) is 22.5. The van der Waals surface area contributed by atoms with E-state index in [4.69, 9.17) is 4.74 Å². The van der Waals surface area contributed by atoms with Crippen LogP contribution in [0.25, 0.3) is 0 Å². The van der Waals surface area contributed by atoms with Gasteiger partial charge >= 0.3 is 5.97 Å². The lowest BCUT2D eigenvalue weighted by Crippen LogP contribution is -2.30. The number of rotatable bonds is 4. The van der Waals surface area contributed by atoms with Crippen molar-refractivity contribution in [3.63, 3.8) is 0 Å². The largest absolute Gasteiger partial charge is 0.423 e. The lowest BCUT2D eigenvalue weighted by molar-refractivity contribution is -0.122. The number of nitrogens with zero attached hydrogens (tertiary/aromatic N) is 1. The molecule has 0 N–H and O–H groups in total. The topological polar surface area (TPSA) is 63.7 Å². The third-order valence-corrected chi connectivity index (χ3v) is 6.51. The average Bonchev–Trinajstić information content (AvgIpc) is 3.09. The molecule has 5 nitrogen and oxygen atoms in total. The predicted molar refractivity (Wildman–Crippen MR) is 120 cm³/mol. The number of carbonyl (C=O) groups excluding carboxylic acids is 3. The molecule has 0 bridgehead atoms. The average molecular weight is 425 g/mol. The van der Waals surface area contributed by atoms with Crippen LogP contribution in [-0.4, -0.2) is 17.8 Å². The Hall–Kier alpha value is -3.73. The molecule has 5 heteroatoms. The number of hydrogen-bond donors (Lipinski definition) is 0. The van der Waals surface area contributed by atoms with E-state index in [1.165, 1.54) is 10.5 Å². The van der Waals surface area contributed by atoms with Gasteiger partial charge in [-0.1, -0.05) is 48.5 Å². The van der Waals surface area contributed by atoms with Crippen molar-refractivity contribution in [1.29, 1.82) is 0 Å². The van der Waals surface area contributed by atoms with Crippen LogP contribution >= 0.6 is 0 Å². The van der Waals surface area contributed by atoms with Crippen LogP contribution in [0.15, 0.2) is 84.9 Å². The number of fused-ring (bicyclic) bond motifs is 1. The minimum absolute atomic E-state index is 0.133. The Morgan fingerprint density at radius 2 is 1.38 bits per heavy atom. The zero-order valence-corrected chi connectivity index (χ0v) is 17.5. The molecule has 32 heavy (non-hydrogen) atoms. The van der Waals surface area contributed by atoms with Crippen LogP contribution < -0.4 is 9.64 Å². The molecule has 1 saturated heterocycles. The molecule has 3 atom stereocenters. The first-order chi connectivity index (χ1) is 15.6. The maximum absolute atomic E-state index is 13.2. The molecule has 2 fully saturated rings. The molecule has 0 spiro atoms. The summed E-state index contributed by atoms with van der Waals surface area (Å²) in [6, 6.07) is 25.5. The summed E-state index contributed by atoms with van der Waals surface area (Å²) in [6.07, 6.45) is 2.31. The zero-order valence-electron chi connectivity index (χ0n) is 17.5. The second-order valence-electron chi connectivity index (χ2n) is 8.39. The molecule has 160 valence electrons. The number of amides is 2. The molecule has 5 rings (SSSR count). The molecule has 0 unspecified atom stereocenters. The molecule has 0 aromatic heterocycles. The minimum Gasteiger partial charge on any atom is -0.423 e. The Morgan fingerprint density at radius 3 is 2.06 bits per heavy atom. The number of imide groups is 1. The van der Waals surface area contributed by atoms with Crippen molar-refractivity contribution < 1.29 is 19.1 Å². The number of hydrogen-bond acceptors (Lipinski definition) is 4. The first kappa shape index (κ1) is 20.2. The Labute approximate surface area is 186 Å². The Bertz CT molecular complexity index is 1140. The van der Waals surface area contributed by atoms with E-state index >= 15 is 0 Å². The number of anilines is 1. The van der Waals surface area contributed by atoms with E-state index in [1.54, 1.807) is 48.5 Å². The monoisotopic (exact) mass is 425 g/mol. The number of esters is 1. The number of para-hydroxylation sites is 1. The van der Waals surface area contributed by atoms with Crippen molar-refractivity contribution >= 4 is 23.5 Å². The standard InChI is InChI=1S/C27H23NO4/c29-25-23-16-13-20(18-7-3-1-4-8-18)17-24(23)26(30)28(25)21-14-11-19(12-15-21)27(31)32-22-9-5-2-6-10-22/h1-12,14-15,20,23-24H,13,16-17H2/t20-,23-,24+/m1/s1. The second-order valence-corrected chi connectivity index (χ2v) is 8.39. The van der Waals surface area contributed by atoms with Crippen LogP contribution in [0.3, 0.4) is 0 Å². The van der Waals surface area contributed by atoms with E-state index in [1.807, 2.05) is 24.3 Å². The Morgan fingerprint density at radius 1 is 0.750 bits per heavy atom. The molecular weight excluding hydrogens is 402 g/mol. The van der Waals surface area contributed by atoms with Gasteiger partial charge in [0.2, 0.25) is 11.8 Å². The molecule has 0 radical (unpaired) electrons. The third kappa shape index (κ3) is 3.71. The molecule has 1 heterocycles. The first-order valence-electron chi connectivity index (χ1n) is 10.9. The van der Waals surface area contributed by atoms with Gasteiger partial charge in [-0.3, -0.25) is 14.5 Å². The third-order valence-electron chi connectivity index (χ3n) is 6.51. The zero-order chi connectivity index (χ0) is 22.1. The summed E-state index contributed by atoms with van der Waals surface area (Å²) in [7, 11) is 0. The van der Waals surface area contributed by atoms with Gasteiger partial charge in [-0.25, -0.2) is 4.79 Å². The van der Waals surface area contributed by atoms with E-state index in [0.717, 1.165) is 6.42 Å². The molecule has 2 aliphatic rings. The number of benzene rings is 3. The van der Waals surface area contributed by atoms with Gasteiger partial charge in [-0.2, -0.15) is 0 Å². The van der Waals surface area contributed by atoms with E-state index in [9.17, 15) is 14.4 Å². The van der Waals surface area contributed by atoms with Crippen molar-refractivity contribution in [2.75, 3.05) is 4.90 Å². The molecule has 1 aliphatic carbocycles. The molecule has 1 saturated carbocycles. The summed E-state index contributed by atoms with van der Waals surface area (Å²) in [5, 5.41) is 0. The highest BCUT2D eigenvalue weighted by Gasteiger charge is 2.50. The van der Waals surface area contributed by atoms with E-state index in [0.29, 0.717) is 35.8 Å². The summed E-state index contributed by atoms with van der Waals surface area (Å²) in [6.45, 7) is 0. The van der Waals surface area contributed by atoms with Crippen LogP contribution in [0.2, 0.25) is 0 Å². The molecule has 2 amide bonds. The van der Waals surface area contributed by atoms with E-state index < -0.39 is 5.97 Å². The highest BCUT2D eigenvalue weighted by atomic mass is 16.5. The van der Waals surface area contributed by atoms with Crippen molar-refractivity contribution in [3.8, 4) is 5.75 Å². The lowest BCUT2D eigenvalue weighted by Gasteiger charge is -2.28. The second kappa shape index (κ2) is 8.42. The quantitative estimate of drug-likeness (QED) is 0.336. The fourth-order valence-corrected chi connectivity index (χ4v) is 4.86. The van der Waals surface area contributed by atoms with E-state index in [2.05, 4.69) is 12.1 Å². The Kier molecular flexibility index (Phi) is 5.31. The van der Waals surface area contributed by atoms with Gasteiger partial charge in [0.15, 0.2) is 0 Å². The van der Waals surface area contributed by atoms with E-state index in [-0.39, 0.29) is 23.7 Å². The van der Waals surface area contributed by atoms with Gasteiger partial charge in [0, 0.05) is 0 Å². The number of ether oxygens (including phenoxy) is 1. The van der Waals surface area contributed by atoms with Crippen molar-refractivity contribution in [1.82, 2.24) is 0 Å². The molecule has 1 aliphatic heterocycles. The molecular formula is C27H23NO4. The molecule has 3 aromatic rings. The molecule has 3 aromatic carbocycles. The van der Waals surface area contributed by atoms with Crippen LogP contribution in [-0.2, 0) is 9.59 Å². The summed E-state index contributed by atoms with van der Waals surface area (Å²) < 4.78 is 5.35. The highest BCUT2D eigenvalue weighted by molar-refractivity contribution is 6.22. The van der Waals surface area contributed by atoms with Gasteiger partial charge in [0.25, 0.3) is 0 Å².